The van der Waals surface area contributed by atoms with Crippen LogP contribution in [0.2, 0.25) is 0 Å². The van der Waals surface area contributed by atoms with E-state index in [9.17, 15) is 23.1 Å². The van der Waals surface area contributed by atoms with Gasteiger partial charge in [0.2, 0.25) is 18.4 Å². The van der Waals surface area contributed by atoms with Gasteiger partial charge in [-0.05, 0) is 42.0 Å². The minimum Gasteiger partial charge on any atom is -0.494 e. The summed E-state index contributed by atoms with van der Waals surface area (Å²) in [5, 5.41) is 11.3. The van der Waals surface area contributed by atoms with Crippen molar-refractivity contribution in [3.63, 3.8) is 0 Å². The zero-order valence-corrected chi connectivity index (χ0v) is 19.5. The maximum absolute atomic E-state index is 13.3. The van der Waals surface area contributed by atoms with E-state index in [0.29, 0.717) is 35.8 Å². The molecule has 8 nitrogen and oxygen atoms in total. The molecule has 2 aromatic carbocycles. The number of H-pyrrole nitrogens is 1. The molecule has 0 saturated heterocycles. The molecule has 0 radical (unpaired) electrons. The molecular formula is C23H21F3N3O5S+. The monoisotopic (exact) mass is 508 g/mol. The Morgan fingerprint density at radius 3 is 2.74 bits per heavy atom. The third-order valence-electron chi connectivity index (χ3n) is 6.36. The normalized spacial score (nSPS) is 18.9. The van der Waals surface area contributed by atoms with E-state index in [0.717, 1.165) is 27.2 Å². The molecule has 2 aliphatic rings. The van der Waals surface area contributed by atoms with E-state index in [1.54, 1.807) is 0 Å². The van der Waals surface area contributed by atoms with Crippen LogP contribution in [0.1, 0.15) is 28.3 Å². The van der Waals surface area contributed by atoms with Gasteiger partial charge >= 0.3 is 6.18 Å². The van der Waals surface area contributed by atoms with Gasteiger partial charge in [-0.25, -0.2) is 0 Å². The molecular weight excluding hydrogens is 487 g/mol. The quantitative estimate of drug-likeness (QED) is 0.472. The number of aromatic hydroxyl groups is 1. The molecule has 35 heavy (non-hydrogen) atoms. The van der Waals surface area contributed by atoms with Crippen molar-refractivity contribution in [1.82, 2.24) is 9.55 Å². The Morgan fingerprint density at radius 1 is 1.26 bits per heavy atom. The van der Waals surface area contributed by atoms with Gasteiger partial charge in [-0.3, -0.25) is 14.3 Å². The zero-order valence-electron chi connectivity index (χ0n) is 18.7. The highest BCUT2D eigenvalue weighted by atomic mass is 32.1. The Bertz CT molecular complexity index is 1450. The van der Waals surface area contributed by atoms with Crippen LogP contribution < -0.4 is 24.7 Å². The van der Waals surface area contributed by atoms with E-state index >= 15 is 0 Å². The van der Waals surface area contributed by atoms with Crippen molar-refractivity contribution in [2.75, 3.05) is 27.5 Å². The fourth-order valence-electron chi connectivity index (χ4n) is 4.78. The van der Waals surface area contributed by atoms with Crippen LogP contribution >= 0.6 is 12.2 Å². The summed E-state index contributed by atoms with van der Waals surface area (Å²) >= 11 is 5.23. The predicted octanol–water partition coefficient (Wildman–Crippen LogP) is 2.52. The van der Waals surface area contributed by atoms with Crippen LogP contribution in [0.5, 0.6) is 23.1 Å². The van der Waals surface area contributed by atoms with Crippen molar-refractivity contribution in [1.29, 1.82) is 0 Å². The van der Waals surface area contributed by atoms with E-state index < -0.39 is 29.2 Å². The van der Waals surface area contributed by atoms with Crippen LogP contribution in [0, 0.1) is 4.77 Å². The highest BCUT2D eigenvalue weighted by Crippen LogP contribution is 2.48. The molecule has 184 valence electrons. The van der Waals surface area contributed by atoms with E-state index in [2.05, 4.69) is 4.98 Å². The summed E-state index contributed by atoms with van der Waals surface area (Å²) < 4.78 is 57.6. The van der Waals surface area contributed by atoms with Crippen LogP contribution in [0.3, 0.4) is 0 Å². The molecule has 1 unspecified atom stereocenters. The molecule has 5 rings (SSSR count). The zero-order chi connectivity index (χ0) is 25.1. The average Bonchev–Trinajstić information content (AvgIpc) is 3.26. The van der Waals surface area contributed by atoms with Gasteiger partial charge in [-0.2, -0.15) is 13.2 Å². The van der Waals surface area contributed by atoms with Crippen LogP contribution in [0.4, 0.5) is 13.2 Å². The van der Waals surface area contributed by atoms with Crippen molar-refractivity contribution in [2.24, 2.45) is 0 Å². The number of aromatic nitrogens is 2. The number of nitrogens with zero attached hydrogens (tertiary/aromatic N) is 1. The van der Waals surface area contributed by atoms with Crippen molar-refractivity contribution in [3.05, 3.63) is 67.7 Å². The SMILES string of the molecule is COc1c2c(cc3c1[C@H](c1c(O)n(-c4cccc(C(F)(F)F)c4)c(=S)[nH]c1=O)[NH+](C)CC3)OCO2. The number of aromatic amines is 1. The van der Waals surface area contributed by atoms with E-state index in [1.165, 1.54) is 19.2 Å². The smallest absolute Gasteiger partial charge is 0.416 e. The molecule has 3 heterocycles. The molecule has 3 N–H and O–H groups in total. The Hall–Kier alpha value is -3.51. The van der Waals surface area contributed by atoms with Gasteiger partial charge in [0.15, 0.2) is 22.3 Å². The van der Waals surface area contributed by atoms with Gasteiger partial charge in [0.05, 0.1) is 37.5 Å². The molecule has 1 aromatic heterocycles. The number of halogens is 3. The summed E-state index contributed by atoms with van der Waals surface area (Å²) in [6, 6.07) is 5.46. The molecule has 2 atom stereocenters. The Morgan fingerprint density at radius 2 is 2.03 bits per heavy atom. The molecule has 12 heteroatoms. The molecule has 0 spiro atoms. The summed E-state index contributed by atoms with van der Waals surface area (Å²) in [5.74, 6) is 0.755. The van der Waals surface area contributed by atoms with E-state index in [1.807, 2.05) is 13.1 Å². The summed E-state index contributed by atoms with van der Waals surface area (Å²) in [7, 11) is 3.32. The third-order valence-corrected chi connectivity index (χ3v) is 6.64. The largest absolute Gasteiger partial charge is 0.494 e. The summed E-state index contributed by atoms with van der Waals surface area (Å²) in [5.41, 5.74) is -0.155. The van der Waals surface area contributed by atoms with Gasteiger partial charge in [0.1, 0.15) is 5.56 Å². The van der Waals surface area contributed by atoms with Gasteiger partial charge < -0.3 is 24.2 Å². The van der Waals surface area contributed by atoms with Crippen LogP contribution in [-0.2, 0) is 12.6 Å². The van der Waals surface area contributed by atoms with Gasteiger partial charge in [0.25, 0.3) is 5.56 Å². The molecule has 3 aromatic rings. The third kappa shape index (κ3) is 3.73. The molecule has 0 fully saturated rings. The Kier molecular flexibility index (Phi) is 5.52. The number of nitrogens with one attached hydrogen (secondary N) is 2. The molecule has 0 amide bonds. The number of methoxy groups -OCH3 is 1. The van der Waals surface area contributed by atoms with Crippen LogP contribution in [-0.4, -0.2) is 42.2 Å². The minimum atomic E-state index is -4.60. The number of alkyl halides is 3. The maximum atomic E-state index is 13.3. The standard InChI is InChI=1S/C23H20F3N3O5S/c1-28-7-6-11-8-14-18(34-10-33-14)19(32-2)15(11)17(28)16-20(30)27-22(35)29(21(16)31)13-5-3-4-12(9-13)23(24,25)26/h3-5,8-9,17,31H,6-7,10H2,1-2H3,(H,27,30,35)/p+1/t17-/m1/s1. The number of ether oxygens (including phenoxy) is 3. The first-order valence-electron chi connectivity index (χ1n) is 10.7. The number of hydrogen-bond donors (Lipinski definition) is 3. The average molecular weight is 508 g/mol. The number of fused-ring (bicyclic) bond motifs is 2. The Labute approximate surface area is 202 Å². The molecule has 0 aliphatic carbocycles. The first kappa shape index (κ1) is 23.2. The summed E-state index contributed by atoms with van der Waals surface area (Å²) in [6.45, 7) is 0.631. The minimum absolute atomic E-state index is 0.0218. The lowest BCUT2D eigenvalue weighted by molar-refractivity contribution is -0.908. The lowest BCUT2D eigenvalue weighted by Crippen LogP contribution is -3.10. The Balaban J connectivity index is 1.76. The lowest BCUT2D eigenvalue weighted by atomic mass is 9.87. The second-order valence-electron chi connectivity index (χ2n) is 8.38. The topological polar surface area (TPSA) is 90.2 Å². The summed E-state index contributed by atoms with van der Waals surface area (Å²) in [4.78, 5) is 16.6. The van der Waals surface area contributed by atoms with Crippen molar-refractivity contribution < 1.29 is 37.4 Å². The first-order valence-corrected chi connectivity index (χ1v) is 11.1. The number of quaternary nitrogens is 1. The number of benzene rings is 2. The fourth-order valence-corrected chi connectivity index (χ4v) is 5.06. The molecule has 2 aliphatic heterocycles. The van der Waals surface area contributed by atoms with Crippen molar-refractivity contribution >= 4 is 12.2 Å². The number of hydrogen-bond acceptors (Lipinski definition) is 6. The van der Waals surface area contributed by atoms with Crippen LogP contribution in [0.25, 0.3) is 5.69 Å². The predicted molar refractivity (Wildman–Crippen MR) is 120 cm³/mol. The summed E-state index contributed by atoms with van der Waals surface area (Å²) in [6.07, 6.45) is -3.95. The second-order valence-corrected chi connectivity index (χ2v) is 8.76. The van der Waals surface area contributed by atoms with Crippen molar-refractivity contribution in [2.45, 2.75) is 18.6 Å². The van der Waals surface area contributed by atoms with E-state index in [-0.39, 0.29) is 22.8 Å². The fraction of sp³-hybridized carbons (Fsp3) is 0.304. The second kappa shape index (κ2) is 8.31. The van der Waals surface area contributed by atoms with Gasteiger partial charge in [-0.15, -0.1) is 0 Å². The number of rotatable bonds is 3. The molecule has 0 saturated carbocycles. The number of likely N-dealkylation sites (N-methyl/N-ethyl adjacent to an activating group) is 1. The molecule has 0 bridgehead atoms. The highest BCUT2D eigenvalue weighted by molar-refractivity contribution is 7.71. The van der Waals surface area contributed by atoms with Gasteiger partial charge in [0, 0.05) is 6.42 Å². The highest BCUT2D eigenvalue weighted by Gasteiger charge is 2.41. The first-order chi connectivity index (χ1) is 16.6. The lowest BCUT2D eigenvalue weighted by Gasteiger charge is -2.33. The van der Waals surface area contributed by atoms with Crippen molar-refractivity contribution in [3.8, 4) is 28.8 Å². The van der Waals surface area contributed by atoms with Crippen LogP contribution in [0.15, 0.2) is 35.1 Å². The van der Waals surface area contributed by atoms with Gasteiger partial charge in [-0.1, -0.05) is 6.07 Å². The van der Waals surface area contributed by atoms with E-state index in [4.69, 9.17) is 26.4 Å². The maximum Gasteiger partial charge on any atom is 0.416 e.